The number of nitrogens with two attached hydrogens (primary N) is 1. The number of halogens is 1. The first-order valence-electron chi connectivity index (χ1n) is 5.67. The normalized spacial score (nSPS) is 12.6. The van der Waals surface area contributed by atoms with Gasteiger partial charge >= 0.3 is 0 Å². The maximum atomic E-state index is 5.98. The SMILES string of the molecule is CCCC(C)N(C)c1cc(CN)c(Cl)cn1. The van der Waals surface area contributed by atoms with Crippen LogP contribution in [0.2, 0.25) is 5.02 Å². The molecule has 1 aromatic heterocycles. The van der Waals surface area contributed by atoms with E-state index < -0.39 is 0 Å². The lowest BCUT2D eigenvalue weighted by Gasteiger charge is -2.26. The summed E-state index contributed by atoms with van der Waals surface area (Å²) in [5.74, 6) is 0.936. The van der Waals surface area contributed by atoms with Crippen molar-refractivity contribution in [3.8, 4) is 0 Å². The highest BCUT2D eigenvalue weighted by Gasteiger charge is 2.11. The maximum Gasteiger partial charge on any atom is 0.128 e. The molecule has 0 aliphatic heterocycles. The highest BCUT2D eigenvalue weighted by atomic mass is 35.5. The van der Waals surface area contributed by atoms with Crippen molar-refractivity contribution in [2.45, 2.75) is 39.3 Å². The molecule has 1 rings (SSSR count). The topological polar surface area (TPSA) is 42.1 Å². The molecule has 0 amide bonds. The third-order valence-corrected chi connectivity index (χ3v) is 3.21. The molecule has 0 spiro atoms. The van der Waals surface area contributed by atoms with Gasteiger partial charge in [0.1, 0.15) is 5.82 Å². The number of hydrogen-bond donors (Lipinski definition) is 1. The molecule has 90 valence electrons. The summed E-state index contributed by atoms with van der Waals surface area (Å²) in [6.07, 6.45) is 4.00. The molecule has 0 saturated carbocycles. The molecule has 3 nitrogen and oxygen atoms in total. The van der Waals surface area contributed by atoms with Crippen molar-refractivity contribution in [3.05, 3.63) is 22.8 Å². The molecule has 4 heteroatoms. The molecule has 16 heavy (non-hydrogen) atoms. The van der Waals surface area contributed by atoms with Crippen LogP contribution in [0.3, 0.4) is 0 Å². The van der Waals surface area contributed by atoms with Gasteiger partial charge < -0.3 is 10.6 Å². The summed E-state index contributed by atoms with van der Waals surface area (Å²) in [6, 6.07) is 2.44. The van der Waals surface area contributed by atoms with Crippen molar-refractivity contribution in [2.24, 2.45) is 5.73 Å². The van der Waals surface area contributed by atoms with Gasteiger partial charge in [-0.15, -0.1) is 0 Å². The zero-order valence-corrected chi connectivity index (χ0v) is 11.0. The molecule has 0 aliphatic rings. The van der Waals surface area contributed by atoms with Crippen LogP contribution < -0.4 is 10.6 Å². The minimum absolute atomic E-state index is 0.449. The molecule has 1 unspecified atom stereocenters. The summed E-state index contributed by atoms with van der Waals surface area (Å²) < 4.78 is 0. The first-order chi connectivity index (χ1) is 7.60. The molecule has 0 fully saturated rings. The number of hydrogen-bond acceptors (Lipinski definition) is 3. The first kappa shape index (κ1) is 13.3. The van der Waals surface area contributed by atoms with E-state index in [4.69, 9.17) is 17.3 Å². The van der Waals surface area contributed by atoms with Crippen molar-refractivity contribution < 1.29 is 0 Å². The van der Waals surface area contributed by atoms with Crippen LogP contribution in [-0.4, -0.2) is 18.1 Å². The molecule has 0 saturated heterocycles. The quantitative estimate of drug-likeness (QED) is 0.862. The predicted molar refractivity (Wildman–Crippen MR) is 69.9 cm³/mol. The van der Waals surface area contributed by atoms with Crippen LogP contribution >= 0.6 is 11.6 Å². The monoisotopic (exact) mass is 241 g/mol. The molecule has 1 aromatic rings. The van der Waals surface area contributed by atoms with Gasteiger partial charge in [-0.3, -0.25) is 0 Å². The van der Waals surface area contributed by atoms with Crippen molar-refractivity contribution in [1.82, 2.24) is 4.98 Å². The molecular formula is C12H20ClN3. The van der Waals surface area contributed by atoms with E-state index in [1.807, 2.05) is 6.07 Å². The van der Waals surface area contributed by atoms with Gasteiger partial charge in [-0.05, 0) is 25.0 Å². The average molecular weight is 242 g/mol. The largest absolute Gasteiger partial charge is 0.357 e. The summed E-state index contributed by atoms with van der Waals surface area (Å²) in [5.41, 5.74) is 6.57. The fourth-order valence-corrected chi connectivity index (χ4v) is 1.83. The third-order valence-electron chi connectivity index (χ3n) is 2.87. The molecule has 1 heterocycles. The Bertz CT molecular complexity index is 341. The zero-order valence-electron chi connectivity index (χ0n) is 10.2. The van der Waals surface area contributed by atoms with Gasteiger partial charge in [-0.1, -0.05) is 24.9 Å². The molecule has 0 bridgehead atoms. The van der Waals surface area contributed by atoms with Crippen molar-refractivity contribution >= 4 is 17.4 Å². The van der Waals surface area contributed by atoms with E-state index in [0.717, 1.165) is 17.8 Å². The Labute approximate surface area is 103 Å². The van der Waals surface area contributed by atoms with Crippen LogP contribution in [0.5, 0.6) is 0 Å². The van der Waals surface area contributed by atoms with Gasteiger partial charge in [0.15, 0.2) is 0 Å². The van der Waals surface area contributed by atoms with E-state index in [0.29, 0.717) is 17.6 Å². The average Bonchev–Trinajstić information content (AvgIpc) is 2.29. The van der Waals surface area contributed by atoms with Gasteiger partial charge in [0, 0.05) is 25.8 Å². The Morgan fingerprint density at radius 3 is 2.81 bits per heavy atom. The fraction of sp³-hybridized carbons (Fsp3) is 0.583. The Kier molecular flexibility index (Phi) is 5.03. The second-order valence-electron chi connectivity index (χ2n) is 4.09. The van der Waals surface area contributed by atoms with Crippen molar-refractivity contribution in [1.29, 1.82) is 0 Å². The van der Waals surface area contributed by atoms with E-state index in [1.54, 1.807) is 6.20 Å². The lowest BCUT2D eigenvalue weighted by atomic mass is 10.1. The van der Waals surface area contributed by atoms with E-state index in [1.165, 1.54) is 6.42 Å². The van der Waals surface area contributed by atoms with E-state index in [2.05, 4.69) is 30.8 Å². The second-order valence-corrected chi connectivity index (χ2v) is 4.49. The highest BCUT2D eigenvalue weighted by Crippen LogP contribution is 2.21. The van der Waals surface area contributed by atoms with Crippen LogP contribution in [0.1, 0.15) is 32.3 Å². The first-order valence-corrected chi connectivity index (χ1v) is 6.05. The Morgan fingerprint density at radius 2 is 2.25 bits per heavy atom. The summed E-state index contributed by atoms with van der Waals surface area (Å²) in [7, 11) is 2.05. The van der Waals surface area contributed by atoms with E-state index in [-0.39, 0.29) is 0 Å². The van der Waals surface area contributed by atoms with E-state index >= 15 is 0 Å². The highest BCUT2D eigenvalue weighted by molar-refractivity contribution is 6.31. The van der Waals surface area contributed by atoms with Gasteiger partial charge in [0.05, 0.1) is 5.02 Å². The third kappa shape index (κ3) is 3.09. The van der Waals surface area contributed by atoms with Gasteiger partial charge in [-0.25, -0.2) is 4.98 Å². The van der Waals surface area contributed by atoms with Crippen LogP contribution in [-0.2, 0) is 6.54 Å². The summed E-state index contributed by atoms with van der Waals surface area (Å²) >= 11 is 5.98. The molecule has 0 radical (unpaired) electrons. The number of aromatic nitrogens is 1. The summed E-state index contributed by atoms with van der Waals surface area (Å²) in [5, 5.41) is 0.641. The van der Waals surface area contributed by atoms with Crippen molar-refractivity contribution in [3.63, 3.8) is 0 Å². The number of anilines is 1. The summed E-state index contributed by atoms with van der Waals surface area (Å²) in [6.45, 7) is 4.83. The molecule has 1 atom stereocenters. The van der Waals surface area contributed by atoms with Crippen LogP contribution in [0, 0.1) is 0 Å². The lowest BCUT2D eigenvalue weighted by molar-refractivity contribution is 0.611. The molecule has 0 aromatic carbocycles. The Hall–Kier alpha value is -0.800. The molecular weight excluding hydrogens is 222 g/mol. The van der Waals surface area contributed by atoms with E-state index in [9.17, 15) is 0 Å². The van der Waals surface area contributed by atoms with Gasteiger partial charge in [0.25, 0.3) is 0 Å². The minimum atomic E-state index is 0.449. The minimum Gasteiger partial charge on any atom is -0.357 e. The van der Waals surface area contributed by atoms with Crippen LogP contribution in [0.15, 0.2) is 12.3 Å². The molecule has 2 N–H and O–H groups in total. The van der Waals surface area contributed by atoms with Crippen molar-refractivity contribution in [2.75, 3.05) is 11.9 Å². The van der Waals surface area contributed by atoms with Gasteiger partial charge in [0.2, 0.25) is 0 Å². The predicted octanol–water partition coefficient (Wildman–Crippen LogP) is 2.82. The Morgan fingerprint density at radius 1 is 1.56 bits per heavy atom. The number of rotatable bonds is 5. The molecule has 0 aliphatic carbocycles. The number of nitrogens with zero attached hydrogens (tertiary/aromatic N) is 2. The fourth-order valence-electron chi connectivity index (χ4n) is 1.65. The van der Waals surface area contributed by atoms with Gasteiger partial charge in [-0.2, -0.15) is 0 Å². The summed E-state index contributed by atoms with van der Waals surface area (Å²) in [4.78, 5) is 6.49. The number of pyridine rings is 1. The Balaban J connectivity index is 2.87. The smallest absolute Gasteiger partial charge is 0.128 e. The zero-order chi connectivity index (χ0) is 12.1. The lowest BCUT2D eigenvalue weighted by Crippen LogP contribution is -2.29. The maximum absolute atomic E-state index is 5.98. The van der Waals surface area contributed by atoms with Crippen LogP contribution in [0.4, 0.5) is 5.82 Å². The second kappa shape index (κ2) is 6.06. The standard InChI is InChI=1S/C12H20ClN3/c1-4-5-9(2)16(3)12-6-10(7-14)11(13)8-15-12/h6,8-9H,4-5,7,14H2,1-3H3. The van der Waals surface area contributed by atoms with Crippen LogP contribution in [0.25, 0.3) is 0 Å².